The third-order valence-electron chi connectivity index (χ3n) is 2.52. The van der Waals surface area contributed by atoms with E-state index in [1.54, 1.807) is 0 Å². The minimum Gasteiger partial charge on any atom is -0.273 e. The average molecular weight is 273 g/mol. The van der Waals surface area contributed by atoms with Crippen LogP contribution in [0.15, 0.2) is 29.8 Å². The van der Waals surface area contributed by atoms with E-state index in [4.69, 9.17) is 0 Å². The number of carbonyl (C=O) groups excluding carboxylic acids is 3. The van der Waals surface area contributed by atoms with Crippen molar-refractivity contribution in [1.29, 1.82) is 0 Å². The van der Waals surface area contributed by atoms with Gasteiger partial charge in [-0.15, -0.1) is 11.3 Å². The molecule has 1 aliphatic heterocycles. The Labute approximate surface area is 111 Å². The normalized spacial score (nSPS) is 15.4. The van der Waals surface area contributed by atoms with Crippen molar-refractivity contribution < 1.29 is 14.4 Å². The van der Waals surface area contributed by atoms with E-state index in [0.29, 0.717) is 5.01 Å². The molecule has 1 aromatic heterocycles. The first kappa shape index (κ1) is 11.5. The second kappa shape index (κ2) is 4.29. The standard InChI is InChI=1S/C12H7N3O3S/c16-10-6(11(17)15-12(18)14-10)5-9-13-7-3-1-2-4-8(7)19-9/h1-5H,(H2,14,15,16,17,18). The Kier molecular flexibility index (Phi) is 2.60. The van der Waals surface area contributed by atoms with Gasteiger partial charge in [-0.3, -0.25) is 20.2 Å². The predicted octanol–water partition coefficient (Wildman–Crippen LogP) is 1.05. The van der Waals surface area contributed by atoms with E-state index in [2.05, 4.69) is 4.98 Å². The number of hydrogen-bond acceptors (Lipinski definition) is 5. The largest absolute Gasteiger partial charge is 0.328 e. The zero-order valence-electron chi connectivity index (χ0n) is 9.47. The molecule has 7 heteroatoms. The first-order chi connectivity index (χ1) is 9.13. The maximum atomic E-state index is 11.6. The second-order valence-corrected chi connectivity index (χ2v) is 4.88. The number of nitrogens with zero attached hydrogens (tertiary/aromatic N) is 1. The number of barbiturate groups is 1. The van der Waals surface area contributed by atoms with E-state index in [-0.39, 0.29) is 5.57 Å². The van der Waals surface area contributed by atoms with Crippen LogP contribution in [0.2, 0.25) is 0 Å². The topological polar surface area (TPSA) is 88.2 Å². The van der Waals surface area contributed by atoms with Crippen LogP contribution >= 0.6 is 11.3 Å². The van der Waals surface area contributed by atoms with Gasteiger partial charge >= 0.3 is 6.03 Å². The minimum atomic E-state index is -0.809. The summed E-state index contributed by atoms with van der Waals surface area (Å²) in [7, 11) is 0. The van der Waals surface area contributed by atoms with Gasteiger partial charge in [0.2, 0.25) is 0 Å². The zero-order valence-corrected chi connectivity index (χ0v) is 10.3. The van der Waals surface area contributed by atoms with E-state index < -0.39 is 17.8 Å². The van der Waals surface area contributed by atoms with Crippen LogP contribution in [0, 0.1) is 0 Å². The summed E-state index contributed by atoms with van der Waals surface area (Å²) in [6.07, 6.45) is 1.38. The number of carbonyl (C=O) groups is 3. The first-order valence-corrected chi connectivity index (χ1v) is 6.19. The fourth-order valence-electron chi connectivity index (χ4n) is 1.68. The lowest BCUT2D eigenvalue weighted by Crippen LogP contribution is -2.51. The molecule has 0 aliphatic carbocycles. The van der Waals surface area contributed by atoms with Crippen LogP contribution in [0.1, 0.15) is 5.01 Å². The highest BCUT2D eigenvalue weighted by atomic mass is 32.1. The molecule has 2 heterocycles. The number of imide groups is 2. The quantitative estimate of drug-likeness (QED) is 0.600. The summed E-state index contributed by atoms with van der Waals surface area (Å²) in [5.41, 5.74) is 0.672. The van der Waals surface area contributed by atoms with Gasteiger partial charge in [0.15, 0.2) is 0 Å². The summed E-state index contributed by atoms with van der Waals surface area (Å²) in [6.45, 7) is 0. The van der Waals surface area contributed by atoms with Crippen molar-refractivity contribution in [3.8, 4) is 0 Å². The number of amides is 4. The van der Waals surface area contributed by atoms with Crippen LogP contribution in [0.5, 0.6) is 0 Å². The van der Waals surface area contributed by atoms with Crippen molar-refractivity contribution in [2.24, 2.45) is 0 Å². The first-order valence-electron chi connectivity index (χ1n) is 5.37. The molecule has 1 saturated heterocycles. The lowest BCUT2D eigenvalue weighted by atomic mass is 10.2. The Hall–Kier alpha value is -2.54. The molecule has 2 N–H and O–H groups in total. The van der Waals surface area contributed by atoms with E-state index in [0.717, 1.165) is 10.2 Å². The molecule has 6 nitrogen and oxygen atoms in total. The predicted molar refractivity (Wildman–Crippen MR) is 69.3 cm³/mol. The summed E-state index contributed by atoms with van der Waals surface area (Å²) < 4.78 is 0.960. The molecule has 0 bridgehead atoms. The number of thiazole rings is 1. The molecule has 0 atom stereocenters. The maximum Gasteiger partial charge on any atom is 0.328 e. The van der Waals surface area contributed by atoms with Gasteiger partial charge in [0.05, 0.1) is 10.2 Å². The fourth-order valence-corrected chi connectivity index (χ4v) is 2.59. The van der Waals surface area contributed by atoms with Gasteiger partial charge in [-0.1, -0.05) is 12.1 Å². The third kappa shape index (κ3) is 2.11. The number of benzene rings is 1. The second-order valence-electron chi connectivity index (χ2n) is 3.82. The molecule has 2 aromatic rings. The Balaban J connectivity index is 2.02. The van der Waals surface area contributed by atoms with Gasteiger partial charge in [-0.25, -0.2) is 9.78 Å². The fraction of sp³-hybridized carbons (Fsp3) is 0. The van der Waals surface area contributed by atoms with Gasteiger partial charge in [0, 0.05) is 0 Å². The molecule has 0 saturated carbocycles. The molecular formula is C12H7N3O3S. The monoisotopic (exact) mass is 273 g/mol. The van der Waals surface area contributed by atoms with Gasteiger partial charge in [-0.2, -0.15) is 0 Å². The molecule has 3 rings (SSSR count). The van der Waals surface area contributed by atoms with Crippen LogP contribution in [-0.2, 0) is 9.59 Å². The summed E-state index contributed by atoms with van der Waals surface area (Å²) >= 11 is 1.36. The van der Waals surface area contributed by atoms with Crippen LogP contribution in [0.4, 0.5) is 4.79 Å². The summed E-state index contributed by atoms with van der Waals surface area (Å²) in [5, 5.41) is 4.56. The lowest BCUT2D eigenvalue weighted by Gasteiger charge is -2.13. The Morgan fingerprint density at radius 1 is 1.05 bits per heavy atom. The zero-order chi connectivity index (χ0) is 13.4. The molecular weight excluding hydrogens is 266 g/mol. The van der Waals surface area contributed by atoms with E-state index >= 15 is 0 Å². The minimum absolute atomic E-state index is 0.126. The average Bonchev–Trinajstić information content (AvgIpc) is 2.76. The van der Waals surface area contributed by atoms with Crippen molar-refractivity contribution in [3.05, 3.63) is 34.8 Å². The van der Waals surface area contributed by atoms with Gasteiger partial charge in [-0.05, 0) is 18.2 Å². The van der Waals surface area contributed by atoms with Crippen molar-refractivity contribution in [3.63, 3.8) is 0 Å². The maximum absolute atomic E-state index is 11.6. The van der Waals surface area contributed by atoms with Crippen molar-refractivity contribution >= 4 is 45.5 Å². The molecule has 0 unspecified atom stereocenters. The number of para-hydroxylation sites is 1. The van der Waals surface area contributed by atoms with Crippen molar-refractivity contribution in [1.82, 2.24) is 15.6 Å². The summed E-state index contributed by atoms with van der Waals surface area (Å²) in [4.78, 5) is 38.3. The molecule has 4 amide bonds. The number of nitrogens with one attached hydrogen (secondary N) is 2. The van der Waals surface area contributed by atoms with Gasteiger partial charge in [0.1, 0.15) is 10.6 Å². The van der Waals surface area contributed by atoms with E-state index in [1.165, 1.54) is 17.4 Å². The third-order valence-corrected chi connectivity index (χ3v) is 3.51. The van der Waals surface area contributed by atoms with Crippen LogP contribution in [0.25, 0.3) is 16.3 Å². The van der Waals surface area contributed by atoms with Crippen LogP contribution < -0.4 is 10.6 Å². The number of aromatic nitrogens is 1. The Morgan fingerprint density at radius 2 is 1.74 bits per heavy atom. The van der Waals surface area contributed by atoms with Crippen LogP contribution in [0.3, 0.4) is 0 Å². The van der Waals surface area contributed by atoms with Gasteiger partial charge in [0.25, 0.3) is 11.8 Å². The van der Waals surface area contributed by atoms with E-state index in [1.807, 2.05) is 34.9 Å². The number of rotatable bonds is 1. The molecule has 0 radical (unpaired) electrons. The molecule has 1 aromatic carbocycles. The molecule has 1 fully saturated rings. The highest BCUT2D eigenvalue weighted by molar-refractivity contribution is 7.19. The number of fused-ring (bicyclic) bond motifs is 1. The number of urea groups is 1. The van der Waals surface area contributed by atoms with Crippen molar-refractivity contribution in [2.45, 2.75) is 0 Å². The number of hydrogen-bond donors (Lipinski definition) is 2. The van der Waals surface area contributed by atoms with Crippen LogP contribution in [-0.4, -0.2) is 22.8 Å². The lowest BCUT2D eigenvalue weighted by molar-refractivity contribution is -0.123. The molecule has 0 spiro atoms. The molecule has 1 aliphatic rings. The highest BCUT2D eigenvalue weighted by Crippen LogP contribution is 2.23. The Morgan fingerprint density at radius 3 is 2.42 bits per heavy atom. The van der Waals surface area contributed by atoms with E-state index in [9.17, 15) is 14.4 Å². The summed E-state index contributed by atoms with van der Waals surface area (Å²) in [6, 6.07) is 6.68. The Bertz CT molecular complexity index is 693. The molecule has 94 valence electrons. The highest BCUT2D eigenvalue weighted by Gasteiger charge is 2.28. The van der Waals surface area contributed by atoms with Gasteiger partial charge < -0.3 is 0 Å². The molecule has 19 heavy (non-hydrogen) atoms. The van der Waals surface area contributed by atoms with Crippen molar-refractivity contribution in [2.75, 3.05) is 0 Å². The SMILES string of the molecule is O=C1NC(=O)C(=Cc2nc3ccccc3s2)C(=O)N1. The summed E-state index contributed by atoms with van der Waals surface area (Å²) in [5.74, 6) is -1.43. The smallest absolute Gasteiger partial charge is 0.273 e.